The van der Waals surface area contributed by atoms with Crippen LogP contribution in [0, 0.1) is 5.82 Å². The number of hydrogen-bond acceptors (Lipinski definition) is 3. The molecule has 0 saturated carbocycles. The number of carbonyl (C=O) groups excluding carboxylic acids is 1. The van der Waals surface area contributed by atoms with Gasteiger partial charge in [0.2, 0.25) is 0 Å². The van der Waals surface area contributed by atoms with Crippen molar-refractivity contribution in [2.75, 3.05) is 7.11 Å². The average Bonchev–Trinajstić information content (AvgIpc) is 2.59. The van der Waals surface area contributed by atoms with E-state index in [4.69, 9.17) is 0 Å². The third-order valence-corrected chi connectivity index (χ3v) is 2.56. The topological polar surface area (TPSA) is 55.0 Å². The van der Waals surface area contributed by atoms with Gasteiger partial charge in [0, 0.05) is 0 Å². The molecule has 1 aromatic heterocycles. The number of ether oxygens (including phenoxy) is 1. The first-order chi connectivity index (χ1) is 7.13. The van der Waals surface area contributed by atoms with Crippen molar-refractivity contribution in [3.8, 4) is 0 Å². The fraction of sp³-hybridized carbons (Fsp3) is 0.111. The first-order valence-electron chi connectivity index (χ1n) is 4.05. The van der Waals surface area contributed by atoms with Crippen molar-refractivity contribution in [3.05, 3.63) is 28.1 Å². The molecule has 0 bridgehead atoms. The number of hydrogen-bond donors (Lipinski definition) is 1. The van der Waals surface area contributed by atoms with Gasteiger partial charge in [0.15, 0.2) is 0 Å². The number of benzene rings is 1. The Kier molecular flexibility index (Phi) is 2.44. The molecule has 0 atom stereocenters. The van der Waals surface area contributed by atoms with E-state index in [1.54, 1.807) is 0 Å². The summed E-state index contributed by atoms with van der Waals surface area (Å²) < 4.78 is 18.5. The van der Waals surface area contributed by atoms with E-state index >= 15 is 0 Å². The molecule has 0 unspecified atom stereocenters. The minimum Gasteiger partial charge on any atom is -0.465 e. The number of H-pyrrole nitrogens is 1. The van der Waals surface area contributed by atoms with Crippen LogP contribution in [-0.2, 0) is 4.74 Å². The Hall–Kier alpha value is -1.43. The summed E-state index contributed by atoms with van der Waals surface area (Å²) in [6, 6.07) is 2.58. The number of nitrogens with one attached hydrogen (secondary N) is 1. The highest BCUT2D eigenvalue weighted by atomic mass is 79.9. The molecule has 0 radical (unpaired) electrons. The summed E-state index contributed by atoms with van der Waals surface area (Å²) in [7, 11) is 1.24. The summed E-state index contributed by atoms with van der Waals surface area (Å²) in [5.74, 6) is -1.11. The highest BCUT2D eigenvalue weighted by Gasteiger charge is 2.14. The van der Waals surface area contributed by atoms with E-state index in [0.717, 1.165) is 6.07 Å². The Bertz CT molecular complexity index is 538. The van der Waals surface area contributed by atoms with Crippen molar-refractivity contribution >= 4 is 32.8 Å². The van der Waals surface area contributed by atoms with Crippen LogP contribution in [0.1, 0.15) is 10.4 Å². The van der Waals surface area contributed by atoms with Crippen LogP contribution >= 0.6 is 15.9 Å². The Labute approximate surface area is 92.5 Å². The summed E-state index contributed by atoms with van der Waals surface area (Å²) in [6.07, 6.45) is 0. The summed E-state index contributed by atoms with van der Waals surface area (Å²) in [5, 5.41) is 6.73. The van der Waals surface area contributed by atoms with Gasteiger partial charge in [-0.2, -0.15) is 5.10 Å². The van der Waals surface area contributed by atoms with Crippen molar-refractivity contribution in [1.82, 2.24) is 10.2 Å². The fourth-order valence-corrected chi connectivity index (χ4v) is 1.78. The summed E-state index contributed by atoms with van der Waals surface area (Å²) in [6.45, 7) is 0. The van der Waals surface area contributed by atoms with Gasteiger partial charge in [0.25, 0.3) is 0 Å². The van der Waals surface area contributed by atoms with Crippen molar-refractivity contribution in [3.63, 3.8) is 0 Å². The zero-order chi connectivity index (χ0) is 11.0. The zero-order valence-electron chi connectivity index (χ0n) is 7.67. The standard InChI is InChI=1S/C9H6BrFN2O2/c1-15-9(14)4-2-5(11)7-6(3-4)12-13-8(7)10/h2-3H,1H3,(H,12,13). The number of carbonyl (C=O) groups is 1. The molecule has 78 valence electrons. The van der Waals surface area contributed by atoms with Gasteiger partial charge in [0.05, 0.1) is 23.6 Å². The summed E-state index contributed by atoms with van der Waals surface area (Å²) in [5.41, 5.74) is 0.517. The second-order valence-corrected chi connectivity index (χ2v) is 3.67. The normalized spacial score (nSPS) is 10.6. The molecule has 0 aliphatic heterocycles. The van der Waals surface area contributed by atoms with E-state index in [1.807, 2.05) is 0 Å². The lowest BCUT2D eigenvalue weighted by Crippen LogP contribution is -2.01. The van der Waals surface area contributed by atoms with Crippen LogP contribution in [0.5, 0.6) is 0 Å². The van der Waals surface area contributed by atoms with Crippen molar-refractivity contribution < 1.29 is 13.9 Å². The first kappa shape index (κ1) is 10.1. The number of aromatic nitrogens is 2. The van der Waals surface area contributed by atoms with E-state index in [2.05, 4.69) is 30.9 Å². The van der Waals surface area contributed by atoms with E-state index in [-0.39, 0.29) is 5.56 Å². The SMILES string of the molecule is COC(=O)c1cc(F)c2c(Br)[nH]nc2c1. The molecule has 0 amide bonds. The molecule has 4 nitrogen and oxygen atoms in total. The smallest absolute Gasteiger partial charge is 0.338 e. The average molecular weight is 273 g/mol. The first-order valence-corrected chi connectivity index (χ1v) is 4.84. The minimum atomic E-state index is -0.588. The lowest BCUT2D eigenvalue weighted by Gasteiger charge is -1.99. The third-order valence-electron chi connectivity index (χ3n) is 1.98. The highest BCUT2D eigenvalue weighted by Crippen LogP contribution is 2.25. The molecule has 2 aromatic rings. The molecule has 0 aliphatic rings. The van der Waals surface area contributed by atoms with E-state index < -0.39 is 11.8 Å². The molecule has 15 heavy (non-hydrogen) atoms. The highest BCUT2D eigenvalue weighted by molar-refractivity contribution is 9.10. The number of halogens is 2. The van der Waals surface area contributed by atoms with Gasteiger partial charge in [-0.3, -0.25) is 5.10 Å². The quantitative estimate of drug-likeness (QED) is 0.811. The fourth-order valence-electron chi connectivity index (χ4n) is 1.30. The van der Waals surface area contributed by atoms with Gasteiger partial charge >= 0.3 is 5.97 Å². The molecular formula is C9H6BrFN2O2. The molecule has 0 fully saturated rings. The number of fused-ring (bicyclic) bond motifs is 1. The van der Waals surface area contributed by atoms with E-state index in [0.29, 0.717) is 15.5 Å². The monoisotopic (exact) mass is 272 g/mol. The maximum absolute atomic E-state index is 13.5. The van der Waals surface area contributed by atoms with Crippen molar-refractivity contribution in [1.29, 1.82) is 0 Å². The lowest BCUT2D eigenvalue weighted by molar-refractivity contribution is 0.0600. The minimum absolute atomic E-state index is 0.140. The summed E-state index contributed by atoms with van der Waals surface area (Å²) in [4.78, 5) is 11.2. The molecule has 2 rings (SSSR count). The Morgan fingerprint density at radius 2 is 2.33 bits per heavy atom. The number of methoxy groups -OCH3 is 1. The summed E-state index contributed by atoms with van der Waals surface area (Å²) >= 11 is 3.12. The van der Waals surface area contributed by atoms with Gasteiger partial charge in [-0.25, -0.2) is 9.18 Å². The Morgan fingerprint density at radius 1 is 1.60 bits per heavy atom. The Morgan fingerprint density at radius 3 is 3.00 bits per heavy atom. The van der Waals surface area contributed by atoms with E-state index in [9.17, 15) is 9.18 Å². The molecule has 6 heteroatoms. The largest absolute Gasteiger partial charge is 0.465 e. The molecule has 1 N–H and O–H groups in total. The van der Waals surface area contributed by atoms with Crippen LogP contribution in [0.2, 0.25) is 0 Å². The zero-order valence-corrected chi connectivity index (χ0v) is 9.26. The molecule has 1 aromatic carbocycles. The van der Waals surface area contributed by atoms with Gasteiger partial charge in [-0.1, -0.05) is 0 Å². The number of rotatable bonds is 1. The van der Waals surface area contributed by atoms with Crippen LogP contribution in [0.4, 0.5) is 4.39 Å². The third kappa shape index (κ3) is 1.61. The predicted molar refractivity (Wildman–Crippen MR) is 55.1 cm³/mol. The lowest BCUT2D eigenvalue weighted by atomic mass is 10.1. The van der Waals surface area contributed by atoms with Crippen molar-refractivity contribution in [2.24, 2.45) is 0 Å². The van der Waals surface area contributed by atoms with Crippen LogP contribution in [0.3, 0.4) is 0 Å². The number of esters is 1. The maximum atomic E-state index is 13.5. The van der Waals surface area contributed by atoms with Gasteiger partial charge < -0.3 is 4.74 Å². The maximum Gasteiger partial charge on any atom is 0.338 e. The van der Waals surface area contributed by atoms with Gasteiger partial charge in [-0.05, 0) is 28.1 Å². The Balaban J connectivity index is 2.68. The molecule has 1 heterocycles. The molecule has 0 aliphatic carbocycles. The predicted octanol–water partition coefficient (Wildman–Crippen LogP) is 2.25. The van der Waals surface area contributed by atoms with Gasteiger partial charge in [-0.15, -0.1) is 0 Å². The second kappa shape index (κ2) is 3.62. The molecular weight excluding hydrogens is 267 g/mol. The van der Waals surface area contributed by atoms with Gasteiger partial charge in [0.1, 0.15) is 10.4 Å². The van der Waals surface area contributed by atoms with Crippen LogP contribution in [-0.4, -0.2) is 23.3 Å². The molecule has 0 saturated heterocycles. The van der Waals surface area contributed by atoms with E-state index in [1.165, 1.54) is 13.2 Å². The van der Waals surface area contributed by atoms with Crippen LogP contribution in [0.15, 0.2) is 16.7 Å². The number of aromatic amines is 1. The molecule has 0 spiro atoms. The number of nitrogens with zero attached hydrogens (tertiary/aromatic N) is 1. The van der Waals surface area contributed by atoms with Crippen LogP contribution in [0.25, 0.3) is 10.9 Å². The van der Waals surface area contributed by atoms with Crippen LogP contribution < -0.4 is 0 Å². The van der Waals surface area contributed by atoms with Crippen molar-refractivity contribution in [2.45, 2.75) is 0 Å². The second-order valence-electron chi connectivity index (χ2n) is 2.88.